The van der Waals surface area contributed by atoms with Gasteiger partial charge in [0.15, 0.2) is 0 Å². The van der Waals surface area contributed by atoms with Gasteiger partial charge in [-0.3, -0.25) is 14.4 Å². The molecular weight excluding hydrogens is 558 g/mol. The fourth-order valence-corrected chi connectivity index (χ4v) is 6.55. The molecule has 230 valence electrons. The zero-order valence-electron chi connectivity index (χ0n) is 24.9. The molecule has 11 heteroatoms. The number of nitrogens with one attached hydrogen (secondary N) is 2. The Balaban J connectivity index is 1.32. The quantitative estimate of drug-likeness (QED) is 0.372. The van der Waals surface area contributed by atoms with Crippen LogP contribution in [-0.4, -0.2) is 105 Å². The Hall–Kier alpha value is -4.29. The molecule has 0 spiro atoms. The monoisotopic (exact) mass is 597 g/mol. The molecule has 3 amide bonds. The van der Waals surface area contributed by atoms with Gasteiger partial charge in [-0.15, -0.1) is 6.58 Å². The zero-order valence-corrected chi connectivity index (χ0v) is 24.9. The van der Waals surface area contributed by atoms with Crippen LogP contribution in [0.25, 0.3) is 0 Å². The third kappa shape index (κ3) is 6.04. The Kier molecular flexibility index (Phi) is 8.62. The average Bonchev–Trinajstić information content (AvgIpc) is 3.39. The van der Waals surface area contributed by atoms with Gasteiger partial charge < -0.3 is 14.9 Å². The summed E-state index contributed by atoms with van der Waals surface area (Å²) in [6.45, 7) is 4.71. The van der Waals surface area contributed by atoms with Crippen molar-refractivity contribution >= 4 is 17.7 Å². The highest BCUT2D eigenvalue weighted by Crippen LogP contribution is 2.30. The van der Waals surface area contributed by atoms with Crippen molar-refractivity contribution in [2.24, 2.45) is 0 Å². The van der Waals surface area contributed by atoms with Crippen LogP contribution in [0.1, 0.15) is 17.5 Å². The van der Waals surface area contributed by atoms with Crippen molar-refractivity contribution in [2.45, 2.75) is 43.6 Å². The second kappa shape index (κ2) is 12.7. The van der Waals surface area contributed by atoms with Crippen LogP contribution in [0.3, 0.4) is 0 Å². The number of phenolic OH excluding ortho intramolecular Hbond substituents is 1. The van der Waals surface area contributed by atoms with Gasteiger partial charge in [-0.2, -0.15) is 5.53 Å². The van der Waals surface area contributed by atoms with Crippen molar-refractivity contribution in [3.8, 4) is 5.75 Å². The maximum atomic E-state index is 14.2. The van der Waals surface area contributed by atoms with Crippen LogP contribution in [0.4, 0.5) is 0 Å². The number of piperazine rings is 1. The summed E-state index contributed by atoms with van der Waals surface area (Å²) >= 11 is 0. The summed E-state index contributed by atoms with van der Waals surface area (Å²) in [5.74, 6) is -0.350. The van der Waals surface area contributed by atoms with Gasteiger partial charge in [0.1, 0.15) is 18.0 Å². The number of fused-ring (bicyclic) bond motifs is 2. The Bertz CT molecular complexity index is 1460. The van der Waals surface area contributed by atoms with Crippen molar-refractivity contribution in [1.29, 1.82) is 0 Å². The molecule has 0 aromatic heterocycles. The van der Waals surface area contributed by atoms with Gasteiger partial charge in [-0.1, -0.05) is 66.8 Å². The lowest BCUT2D eigenvalue weighted by molar-refractivity contribution is -0.204. The van der Waals surface area contributed by atoms with E-state index in [0.29, 0.717) is 19.5 Å². The van der Waals surface area contributed by atoms with Crippen LogP contribution < -0.4 is 11.0 Å². The molecule has 3 N–H and O–H groups in total. The first kappa shape index (κ1) is 29.8. The van der Waals surface area contributed by atoms with E-state index >= 15 is 0 Å². The van der Waals surface area contributed by atoms with Crippen molar-refractivity contribution < 1.29 is 19.5 Å². The van der Waals surface area contributed by atoms with Crippen LogP contribution in [0.2, 0.25) is 0 Å². The summed E-state index contributed by atoms with van der Waals surface area (Å²) in [6.07, 6.45) is 8.37. The standard InChI is InChI=1S/C33H39N7O4/c1-3-17-38-22-32(43)39-29(18-24-9-13-26(41)14-10-24)33(44)37(20-25-11-15-27-28(19-25)36(2)35-34-27)21-30(39)40(38)31(42)16-12-23-7-5-4-6-8-23/h3-11,13-15,19,27-30,34-35,41H,1,12,16-18,20-22H2,2H3/t27?,28?,29-,30-/m0/s1. The minimum absolute atomic E-state index is 0.0255. The van der Waals surface area contributed by atoms with E-state index in [1.54, 1.807) is 50.2 Å². The molecule has 6 rings (SSSR count). The number of carbonyl (C=O) groups is 3. The van der Waals surface area contributed by atoms with Crippen molar-refractivity contribution in [1.82, 2.24) is 35.8 Å². The molecule has 44 heavy (non-hydrogen) atoms. The molecule has 3 aliphatic heterocycles. The van der Waals surface area contributed by atoms with Gasteiger partial charge in [0.2, 0.25) is 17.7 Å². The maximum absolute atomic E-state index is 14.2. The van der Waals surface area contributed by atoms with E-state index in [2.05, 4.69) is 29.7 Å². The van der Waals surface area contributed by atoms with E-state index in [4.69, 9.17) is 0 Å². The molecule has 4 atom stereocenters. The van der Waals surface area contributed by atoms with E-state index in [-0.39, 0.29) is 61.5 Å². The number of nitrogens with zero attached hydrogens (tertiary/aromatic N) is 5. The molecule has 2 aromatic carbocycles. The number of aromatic hydroxyl groups is 1. The van der Waals surface area contributed by atoms with Gasteiger partial charge in [0, 0.05) is 33.0 Å². The second-order valence-corrected chi connectivity index (χ2v) is 11.7. The average molecular weight is 598 g/mol. The number of aryl methyl sites for hydroxylation is 1. The third-order valence-electron chi connectivity index (χ3n) is 8.76. The predicted octanol–water partition coefficient (Wildman–Crippen LogP) is 1.37. The fourth-order valence-electron chi connectivity index (χ4n) is 6.55. The Morgan fingerprint density at radius 1 is 1.09 bits per heavy atom. The van der Waals surface area contributed by atoms with Gasteiger partial charge in [-0.05, 0) is 35.3 Å². The summed E-state index contributed by atoms with van der Waals surface area (Å²) in [4.78, 5) is 45.4. The van der Waals surface area contributed by atoms with Crippen molar-refractivity contribution in [3.05, 3.63) is 102 Å². The summed E-state index contributed by atoms with van der Waals surface area (Å²) in [7, 11) is 1.96. The molecule has 0 bridgehead atoms. The molecule has 4 aliphatic rings. The topological polar surface area (TPSA) is 112 Å². The van der Waals surface area contributed by atoms with Crippen LogP contribution >= 0.6 is 0 Å². The summed E-state index contributed by atoms with van der Waals surface area (Å²) < 4.78 is 0. The minimum Gasteiger partial charge on any atom is -0.508 e. The Morgan fingerprint density at radius 2 is 1.86 bits per heavy atom. The number of likely N-dealkylation sites (N-methyl/N-ethyl adjacent to an activating group) is 1. The van der Waals surface area contributed by atoms with Crippen LogP contribution in [-0.2, 0) is 27.2 Å². The van der Waals surface area contributed by atoms with Crippen molar-refractivity contribution in [3.63, 3.8) is 0 Å². The van der Waals surface area contributed by atoms with Crippen LogP contribution in [0.5, 0.6) is 5.75 Å². The number of phenols is 1. The van der Waals surface area contributed by atoms with Gasteiger partial charge in [-0.25, -0.2) is 20.5 Å². The largest absolute Gasteiger partial charge is 0.508 e. The number of amides is 3. The summed E-state index contributed by atoms with van der Waals surface area (Å²) in [5.41, 5.74) is 9.20. The van der Waals surface area contributed by atoms with Crippen molar-refractivity contribution in [2.75, 3.05) is 33.2 Å². The molecule has 3 saturated heterocycles. The highest BCUT2D eigenvalue weighted by atomic mass is 16.3. The maximum Gasteiger partial charge on any atom is 0.246 e. The lowest BCUT2D eigenvalue weighted by Gasteiger charge is -2.55. The first-order chi connectivity index (χ1) is 21.3. The number of rotatable bonds is 9. The molecule has 0 radical (unpaired) electrons. The number of benzene rings is 2. The highest BCUT2D eigenvalue weighted by molar-refractivity contribution is 5.92. The van der Waals surface area contributed by atoms with Crippen LogP contribution in [0.15, 0.2) is 91.1 Å². The smallest absolute Gasteiger partial charge is 0.246 e. The van der Waals surface area contributed by atoms with Gasteiger partial charge in [0.05, 0.1) is 25.2 Å². The number of carbonyl (C=O) groups excluding carboxylic acids is 3. The minimum atomic E-state index is -0.806. The number of hydrogen-bond acceptors (Lipinski definition) is 8. The normalized spacial score (nSPS) is 25.6. The molecular formula is C33H39N7O4. The first-order valence-corrected chi connectivity index (χ1v) is 15.0. The Labute approximate surface area is 257 Å². The molecule has 2 aromatic rings. The SMILES string of the molecule is C=CCN1CC(=O)N2[C@@H](Cc3ccc(O)cc3)C(=O)N(CC3=CC4C(C=C3)NNN4C)C[C@@H]2N1C(=O)CCc1ccccc1. The summed E-state index contributed by atoms with van der Waals surface area (Å²) in [6, 6.07) is 15.9. The predicted molar refractivity (Wildman–Crippen MR) is 165 cm³/mol. The van der Waals surface area contributed by atoms with Crippen LogP contribution in [0, 0.1) is 0 Å². The van der Waals surface area contributed by atoms with E-state index < -0.39 is 12.2 Å². The van der Waals surface area contributed by atoms with E-state index in [1.807, 2.05) is 48.5 Å². The van der Waals surface area contributed by atoms with E-state index in [1.165, 1.54) is 0 Å². The number of hydrogen-bond donors (Lipinski definition) is 3. The van der Waals surface area contributed by atoms with E-state index in [9.17, 15) is 19.5 Å². The molecule has 2 unspecified atom stereocenters. The third-order valence-corrected chi connectivity index (χ3v) is 8.76. The Morgan fingerprint density at radius 3 is 2.61 bits per heavy atom. The molecule has 0 saturated carbocycles. The molecule has 3 heterocycles. The molecule has 1 aliphatic carbocycles. The number of hydrazine groups is 3. The van der Waals surface area contributed by atoms with E-state index in [0.717, 1.165) is 16.7 Å². The molecule has 11 nitrogen and oxygen atoms in total. The second-order valence-electron chi connectivity index (χ2n) is 11.7. The first-order valence-electron chi connectivity index (χ1n) is 15.0. The molecule has 3 fully saturated rings. The zero-order chi connectivity index (χ0) is 30.8. The van der Waals surface area contributed by atoms with Gasteiger partial charge >= 0.3 is 0 Å². The lowest BCUT2D eigenvalue weighted by atomic mass is 9.95. The lowest BCUT2D eigenvalue weighted by Crippen LogP contribution is -2.76. The fraction of sp³-hybridized carbons (Fsp3) is 0.364. The highest BCUT2D eigenvalue weighted by Gasteiger charge is 2.51. The van der Waals surface area contributed by atoms with Gasteiger partial charge in [0.25, 0.3) is 0 Å². The summed E-state index contributed by atoms with van der Waals surface area (Å²) in [5, 5.41) is 15.3.